The summed E-state index contributed by atoms with van der Waals surface area (Å²) in [6.45, 7) is -3.29. The summed E-state index contributed by atoms with van der Waals surface area (Å²) >= 11 is 0. The lowest BCUT2D eigenvalue weighted by Gasteiger charge is -2.15. The van der Waals surface area contributed by atoms with Gasteiger partial charge >= 0.3 is 18.8 Å². The Hall–Kier alpha value is -4.09. The van der Waals surface area contributed by atoms with E-state index in [1.807, 2.05) is 0 Å². The molecule has 0 fully saturated rings. The number of benzene rings is 3. The van der Waals surface area contributed by atoms with Gasteiger partial charge in [-0.25, -0.2) is 13.6 Å². The SMILES string of the molecule is O=C(NC(=O)c1c(F)cccc1F)Nc1ccc(OC(F)F)c(-c2cccc(C(F)(F)F)c2)c1. The fraction of sp³-hybridized carbons (Fsp3) is 0.0909. The van der Waals surface area contributed by atoms with Crippen molar-refractivity contribution in [3.63, 3.8) is 0 Å². The second-order valence-corrected chi connectivity index (χ2v) is 6.67. The Bertz CT molecular complexity index is 1210. The van der Waals surface area contributed by atoms with Crippen molar-refractivity contribution in [2.24, 2.45) is 0 Å². The second kappa shape index (κ2) is 9.81. The van der Waals surface area contributed by atoms with Gasteiger partial charge in [-0.15, -0.1) is 0 Å². The van der Waals surface area contributed by atoms with Gasteiger partial charge in [0.15, 0.2) is 0 Å². The highest BCUT2D eigenvalue weighted by atomic mass is 19.4. The topological polar surface area (TPSA) is 67.4 Å². The average Bonchev–Trinajstić information content (AvgIpc) is 2.73. The minimum atomic E-state index is -4.71. The summed E-state index contributed by atoms with van der Waals surface area (Å²) in [5.41, 5.74) is -2.59. The number of carbonyl (C=O) groups excluding carboxylic acids is 2. The van der Waals surface area contributed by atoms with Gasteiger partial charge in [0.1, 0.15) is 22.9 Å². The van der Waals surface area contributed by atoms with Crippen LogP contribution in [0.15, 0.2) is 60.7 Å². The standard InChI is InChI=1S/C22H13F7N2O3/c23-15-5-2-6-16(24)18(15)19(32)31-21(33)30-13-7-8-17(34-20(25)26)14(10-13)11-3-1-4-12(9-11)22(27,28)29/h1-10,20H,(H2,30,31,32,33). The van der Waals surface area contributed by atoms with Crippen molar-refractivity contribution >= 4 is 17.6 Å². The van der Waals surface area contributed by atoms with E-state index in [0.29, 0.717) is 6.07 Å². The molecular formula is C22H13F7N2O3. The van der Waals surface area contributed by atoms with Crippen LogP contribution in [0.5, 0.6) is 5.75 Å². The van der Waals surface area contributed by atoms with Crippen molar-refractivity contribution in [2.45, 2.75) is 12.8 Å². The van der Waals surface area contributed by atoms with Crippen LogP contribution in [0.3, 0.4) is 0 Å². The lowest BCUT2D eigenvalue weighted by molar-refractivity contribution is -0.137. The predicted molar refractivity (Wildman–Crippen MR) is 106 cm³/mol. The molecule has 0 atom stereocenters. The zero-order valence-electron chi connectivity index (χ0n) is 16.7. The average molecular weight is 486 g/mol. The highest BCUT2D eigenvalue weighted by Gasteiger charge is 2.30. The van der Waals surface area contributed by atoms with Crippen LogP contribution in [0.25, 0.3) is 11.1 Å². The van der Waals surface area contributed by atoms with Crippen LogP contribution in [0, 0.1) is 11.6 Å². The maximum absolute atomic E-state index is 13.7. The Balaban J connectivity index is 1.89. The number of carbonyl (C=O) groups is 2. The smallest absolute Gasteiger partial charge is 0.416 e. The van der Waals surface area contributed by atoms with Gasteiger partial charge in [-0.1, -0.05) is 18.2 Å². The van der Waals surface area contributed by atoms with E-state index in [2.05, 4.69) is 10.1 Å². The quantitative estimate of drug-likeness (QED) is 0.421. The molecule has 0 aromatic heterocycles. The zero-order chi connectivity index (χ0) is 25.0. The van der Waals surface area contributed by atoms with E-state index in [9.17, 15) is 40.3 Å². The van der Waals surface area contributed by atoms with Crippen molar-refractivity contribution in [2.75, 3.05) is 5.32 Å². The summed E-state index contributed by atoms with van der Waals surface area (Å²) < 4.78 is 96.5. The summed E-state index contributed by atoms with van der Waals surface area (Å²) in [5.74, 6) is -4.31. The van der Waals surface area contributed by atoms with Crippen molar-refractivity contribution in [3.05, 3.63) is 83.4 Å². The number of hydrogen-bond donors (Lipinski definition) is 2. The molecule has 2 N–H and O–H groups in total. The van der Waals surface area contributed by atoms with Crippen LogP contribution in [0.4, 0.5) is 41.2 Å². The molecule has 12 heteroatoms. The van der Waals surface area contributed by atoms with E-state index < -0.39 is 53.2 Å². The number of alkyl halides is 5. The lowest BCUT2D eigenvalue weighted by atomic mass is 10.0. The molecule has 0 heterocycles. The van der Waals surface area contributed by atoms with Crippen molar-refractivity contribution in [1.29, 1.82) is 0 Å². The summed E-state index contributed by atoms with van der Waals surface area (Å²) in [6, 6.07) is 8.18. The van der Waals surface area contributed by atoms with E-state index in [4.69, 9.17) is 0 Å². The molecule has 3 amide bonds. The third-order valence-corrected chi connectivity index (χ3v) is 4.37. The Morgan fingerprint density at radius 3 is 2.15 bits per heavy atom. The summed E-state index contributed by atoms with van der Waals surface area (Å²) in [5, 5.41) is 3.83. The molecule has 0 aliphatic rings. The van der Waals surface area contributed by atoms with Crippen LogP contribution < -0.4 is 15.4 Å². The molecule has 0 aliphatic heterocycles. The number of halogens is 7. The Morgan fingerprint density at radius 1 is 0.882 bits per heavy atom. The minimum Gasteiger partial charge on any atom is -0.434 e. The van der Waals surface area contributed by atoms with Gasteiger partial charge in [0.25, 0.3) is 5.91 Å². The van der Waals surface area contributed by atoms with Crippen LogP contribution in [-0.2, 0) is 6.18 Å². The van der Waals surface area contributed by atoms with Gasteiger partial charge in [-0.05, 0) is 48.0 Å². The van der Waals surface area contributed by atoms with Crippen LogP contribution >= 0.6 is 0 Å². The second-order valence-electron chi connectivity index (χ2n) is 6.67. The van der Waals surface area contributed by atoms with Gasteiger partial charge in [-0.3, -0.25) is 10.1 Å². The largest absolute Gasteiger partial charge is 0.434 e. The first-order valence-corrected chi connectivity index (χ1v) is 9.28. The number of nitrogens with one attached hydrogen (secondary N) is 2. The molecule has 3 aromatic rings. The van der Waals surface area contributed by atoms with Crippen LogP contribution in [-0.4, -0.2) is 18.5 Å². The fourth-order valence-corrected chi connectivity index (χ4v) is 2.94. The van der Waals surface area contributed by atoms with Crippen molar-refractivity contribution < 1.29 is 45.1 Å². The van der Waals surface area contributed by atoms with E-state index in [-0.39, 0.29) is 16.8 Å². The summed E-state index contributed by atoms with van der Waals surface area (Å²) in [6.07, 6.45) is -4.71. The molecule has 0 saturated carbocycles. The molecule has 178 valence electrons. The van der Waals surface area contributed by atoms with Gasteiger partial charge in [0.2, 0.25) is 0 Å². The Morgan fingerprint density at radius 2 is 1.53 bits per heavy atom. The molecule has 5 nitrogen and oxygen atoms in total. The summed E-state index contributed by atoms with van der Waals surface area (Å²) in [7, 11) is 0. The lowest BCUT2D eigenvalue weighted by Crippen LogP contribution is -2.35. The number of hydrogen-bond acceptors (Lipinski definition) is 3. The van der Waals surface area contributed by atoms with E-state index in [1.54, 1.807) is 5.32 Å². The number of rotatable bonds is 5. The number of urea groups is 1. The van der Waals surface area contributed by atoms with Crippen LogP contribution in [0.1, 0.15) is 15.9 Å². The maximum Gasteiger partial charge on any atom is 0.416 e. The minimum absolute atomic E-state index is 0.145. The monoisotopic (exact) mass is 486 g/mol. The van der Waals surface area contributed by atoms with Crippen LogP contribution in [0.2, 0.25) is 0 Å². The first-order chi connectivity index (χ1) is 16.0. The van der Waals surface area contributed by atoms with Gasteiger partial charge in [0.05, 0.1) is 5.56 Å². The molecule has 0 saturated heterocycles. The molecule has 3 aromatic carbocycles. The number of ether oxygens (including phenoxy) is 1. The highest BCUT2D eigenvalue weighted by Crippen LogP contribution is 2.37. The van der Waals surface area contributed by atoms with Crippen molar-refractivity contribution in [3.8, 4) is 16.9 Å². The highest BCUT2D eigenvalue weighted by molar-refractivity contribution is 6.08. The fourth-order valence-electron chi connectivity index (χ4n) is 2.94. The molecule has 0 spiro atoms. The maximum atomic E-state index is 13.7. The number of anilines is 1. The van der Waals surface area contributed by atoms with E-state index >= 15 is 0 Å². The van der Waals surface area contributed by atoms with E-state index in [0.717, 1.165) is 48.5 Å². The van der Waals surface area contributed by atoms with E-state index in [1.165, 1.54) is 6.07 Å². The Kier molecular flexibility index (Phi) is 7.08. The first-order valence-electron chi connectivity index (χ1n) is 9.28. The zero-order valence-corrected chi connectivity index (χ0v) is 16.7. The molecular weight excluding hydrogens is 473 g/mol. The molecule has 0 bridgehead atoms. The third kappa shape index (κ3) is 5.82. The normalized spacial score (nSPS) is 11.3. The van der Waals surface area contributed by atoms with Crippen molar-refractivity contribution in [1.82, 2.24) is 5.32 Å². The molecule has 3 rings (SSSR count). The Labute approximate surface area is 187 Å². The molecule has 34 heavy (non-hydrogen) atoms. The van der Waals surface area contributed by atoms with Gasteiger partial charge < -0.3 is 10.1 Å². The summed E-state index contributed by atoms with van der Waals surface area (Å²) in [4.78, 5) is 24.1. The number of amides is 3. The third-order valence-electron chi connectivity index (χ3n) is 4.37. The molecule has 0 radical (unpaired) electrons. The number of imide groups is 1. The molecule has 0 unspecified atom stereocenters. The van der Waals surface area contributed by atoms with Gasteiger partial charge in [0, 0.05) is 11.3 Å². The van der Waals surface area contributed by atoms with Gasteiger partial charge in [-0.2, -0.15) is 22.0 Å². The predicted octanol–water partition coefficient (Wildman–Crippen LogP) is 6.21. The first kappa shape index (κ1) is 24.6. The molecule has 0 aliphatic carbocycles.